The molecule has 0 aliphatic heterocycles. The lowest BCUT2D eigenvalue weighted by Crippen LogP contribution is -2.30. The molecule has 0 aromatic heterocycles. The molecule has 120 valence electrons. The van der Waals surface area contributed by atoms with Gasteiger partial charge < -0.3 is 10.1 Å². The van der Waals surface area contributed by atoms with E-state index in [4.69, 9.17) is 4.74 Å². The summed E-state index contributed by atoms with van der Waals surface area (Å²) in [7, 11) is 1.66. The number of amides is 1. The van der Waals surface area contributed by atoms with E-state index >= 15 is 0 Å². The van der Waals surface area contributed by atoms with Crippen LogP contribution in [0.2, 0.25) is 0 Å². The number of benzene rings is 2. The summed E-state index contributed by atoms with van der Waals surface area (Å²) in [6.07, 6.45) is 2.37. The van der Waals surface area contributed by atoms with Gasteiger partial charge in [-0.05, 0) is 48.9 Å². The fourth-order valence-electron chi connectivity index (χ4n) is 2.87. The Hall–Kier alpha value is -2.13. The molecule has 1 aliphatic rings. The highest BCUT2D eigenvalue weighted by molar-refractivity contribution is 5.94. The molecule has 3 heteroatoms. The summed E-state index contributed by atoms with van der Waals surface area (Å²) in [5.74, 6) is 0.546. The summed E-state index contributed by atoms with van der Waals surface area (Å²) in [5.41, 5.74) is 4.14. The molecule has 0 radical (unpaired) electrons. The number of rotatable bonds is 6. The molecule has 0 heterocycles. The van der Waals surface area contributed by atoms with E-state index in [2.05, 4.69) is 36.5 Å². The minimum atomic E-state index is -0.0135. The number of hydrogen-bond acceptors (Lipinski definition) is 2. The largest absolute Gasteiger partial charge is 0.380 e. The minimum Gasteiger partial charge on any atom is -0.380 e. The first-order valence-electron chi connectivity index (χ1n) is 8.12. The van der Waals surface area contributed by atoms with Crippen LogP contribution in [-0.4, -0.2) is 13.0 Å². The Kier molecular flexibility index (Phi) is 4.77. The highest BCUT2D eigenvalue weighted by Gasteiger charge is 2.33. The Morgan fingerprint density at radius 3 is 2.61 bits per heavy atom. The average molecular weight is 309 g/mol. The second-order valence-corrected chi connectivity index (χ2v) is 6.33. The van der Waals surface area contributed by atoms with Crippen molar-refractivity contribution in [2.75, 3.05) is 7.11 Å². The van der Waals surface area contributed by atoms with Crippen molar-refractivity contribution in [2.45, 2.75) is 32.4 Å². The van der Waals surface area contributed by atoms with Gasteiger partial charge in [0.15, 0.2) is 0 Å². The number of carbonyl (C=O) groups is 1. The molecule has 3 rings (SSSR count). The van der Waals surface area contributed by atoms with E-state index in [0.717, 1.165) is 5.56 Å². The monoisotopic (exact) mass is 309 g/mol. The molecule has 0 bridgehead atoms. The Morgan fingerprint density at radius 1 is 1.22 bits per heavy atom. The van der Waals surface area contributed by atoms with Gasteiger partial charge in [0.1, 0.15) is 0 Å². The maximum absolute atomic E-state index is 12.6. The molecule has 1 amide bonds. The van der Waals surface area contributed by atoms with Gasteiger partial charge in [-0.2, -0.15) is 0 Å². The summed E-state index contributed by atoms with van der Waals surface area (Å²) >= 11 is 0. The minimum absolute atomic E-state index is 0.0135. The quantitative estimate of drug-likeness (QED) is 0.875. The van der Waals surface area contributed by atoms with Crippen molar-refractivity contribution in [1.82, 2.24) is 5.32 Å². The Bertz CT molecular complexity index is 674. The topological polar surface area (TPSA) is 38.3 Å². The second-order valence-electron chi connectivity index (χ2n) is 6.33. The van der Waals surface area contributed by atoms with E-state index in [0.29, 0.717) is 18.1 Å². The van der Waals surface area contributed by atoms with Crippen molar-refractivity contribution in [1.29, 1.82) is 0 Å². The fourth-order valence-corrected chi connectivity index (χ4v) is 2.87. The van der Waals surface area contributed by atoms with Gasteiger partial charge in [0.2, 0.25) is 0 Å². The first-order chi connectivity index (χ1) is 11.2. The number of aryl methyl sites for hydroxylation is 1. The molecule has 1 fully saturated rings. The van der Waals surface area contributed by atoms with Gasteiger partial charge in [-0.3, -0.25) is 4.79 Å². The third kappa shape index (κ3) is 3.99. The van der Waals surface area contributed by atoms with Crippen molar-refractivity contribution in [3.63, 3.8) is 0 Å². The van der Waals surface area contributed by atoms with Crippen LogP contribution in [0.3, 0.4) is 0 Å². The van der Waals surface area contributed by atoms with Crippen LogP contribution in [0.15, 0.2) is 48.5 Å². The Labute approximate surface area is 137 Å². The maximum atomic E-state index is 12.6. The number of ether oxygens (including phenoxy) is 1. The average Bonchev–Trinajstić information content (AvgIpc) is 3.39. The van der Waals surface area contributed by atoms with E-state index in [-0.39, 0.29) is 11.9 Å². The van der Waals surface area contributed by atoms with Crippen LogP contribution in [0.25, 0.3) is 0 Å². The van der Waals surface area contributed by atoms with Crippen LogP contribution in [0, 0.1) is 12.8 Å². The lowest BCUT2D eigenvalue weighted by atomic mass is 10.0. The number of nitrogens with one attached hydrogen (secondary N) is 1. The molecule has 1 N–H and O–H groups in total. The third-order valence-corrected chi connectivity index (χ3v) is 4.32. The molecule has 0 spiro atoms. The van der Waals surface area contributed by atoms with Gasteiger partial charge in [-0.25, -0.2) is 0 Å². The van der Waals surface area contributed by atoms with Crippen molar-refractivity contribution in [2.24, 2.45) is 5.92 Å². The van der Waals surface area contributed by atoms with Crippen LogP contribution < -0.4 is 5.32 Å². The number of carbonyl (C=O) groups excluding carboxylic acids is 1. The number of hydrogen-bond donors (Lipinski definition) is 1. The van der Waals surface area contributed by atoms with E-state index in [1.807, 2.05) is 24.3 Å². The molecule has 2 aromatic rings. The molecule has 3 nitrogen and oxygen atoms in total. The van der Waals surface area contributed by atoms with Crippen molar-refractivity contribution in [3.8, 4) is 0 Å². The Morgan fingerprint density at radius 2 is 1.96 bits per heavy atom. The SMILES string of the molecule is COCc1cccc(C(=O)NC(c2ccc(C)cc2)C2CC2)c1. The summed E-state index contributed by atoms with van der Waals surface area (Å²) in [4.78, 5) is 12.6. The Balaban J connectivity index is 1.76. The zero-order chi connectivity index (χ0) is 16.2. The van der Waals surface area contributed by atoms with Gasteiger partial charge in [0.05, 0.1) is 12.6 Å². The van der Waals surface area contributed by atoms with Gasteiger partial charge in [-0.15, -0.1) is 0 Å². The predicted octanol–water partition coefficient (Wildman–Crippen LogP) is 4.02. The molecule has 1 aliphatic carbocycles. The van der Waals surface area contributed by atoms with E-state index in [1.54, 1.807) is 7.11 Å². The first-order valence-corrected chi connectivity index (χ1v) is 8.12. The molecule has 0 saturated heterocycles. The van der Waals surface area contributed by atoms with Crippen LogP contribution >= 0.6 is 0 Å². The summed E-state index contributed by atoms with van der Waals surface area (Å²) in [6.45, 7) is 2.60. The normalized spacial score (nSPS) is 15.2. The van der Waals surface area contributed by atoms with Gasteiger partial charge in [0.25, 0.3) is 5.91 Å². The molecule has 1 saturated carbocycles. The number of methoxy groups -OCH3 is 1. The second kappa shape index (κ2) is 6.97. The predicted molar refractivity (Wildman–Crippen MR) is 91.3 cm³/mol. The zero-order valence-electron chi connectivity index (χ0n) is 13.7. The van der Waals surface area contributed by atoms with Crippen LogP contribution in [0.5, 0.6) is 0 Å². The van der Waals surface area contributed by atoms with E-state index < -0.39 is 0 Å². The molecular weight excluding hydrogens is 286 g/mol. The third-order valence-electron chi connectivity index (χ3n) is 4.32. The fraction of sp³-hybridized carbons (Fsp3) is 0.350. The summed E-state index contributed by atoms with van der Waals surface area (Å²) in [6, 6.07) is 16.2. The highest BCUT2D eigenvalue weighted by atomic mass is 16.5. The molecule has 1 atom stereocenters. The van der Waals surface area contributed by atoms with Gasteiger partial charge in [0, 0.05) is 12.7 Å². The maximum Gasteiger partial charge on any atom is 0.251 e. The molecule has 23 heavy (non-hydrogen) atoms. The smallest absolute Gasteiger partial charge is 0.251 e. The van der Waals surface area contributed by atoms with Crippen molar-refractivity contribution < 1.29 is 9.53 Å². The zero-order valence-corrected chi connectivity index (χ0v) is 13.7. The van der Waals surface area contributed by atoms with E-state index in [1.165, 1.54) is 24.0 Å². The van der Waals surface area contributed by atoms with Crippen LogP contribution in [-0.2, 0) is 11.3 Å². The van der Waals surface area contributed by atoms with Crippen molar-refractivity contribution in [3.05, 3.63) is 70.8 Å². The molecule has 2 aromatic carbocycles. The lowest BCUT2D eigenvalue weighted by Gasteiger charge is -2.19. The summed E-state index contributed by atoms with van der Waals surface area (Å²) < 4.78 is 5.14. The molecule has 1 unspecified atom stereocenters. The van der Waals surface area contributed by atoms with Crippen LogP contribution in [0.4, 0.5) is 0 Å². The van der Waals surface area contributed by atoms with Gasteiger partial charge >= 0.3 is 0 Å². The van der Waals surface area contributed by atoms with Crippen LogP contribution in [0.1, 0.15) is 45.9 Å². The standard InChI is InChI=1S/C20H23NO2/c1-14-6-8-16(9-7-14)19(17-10-11-17)21-20(22)18-5-3-4-15(12-18)13-23-2/h3-9,12,17,19H,10-11,13H2,1-2H3,(H,21,22). The summed E-state index contributed by atoms with van der Waals surface area (Å²) in [5, 5.41) is 3.22. The molecular formula is C20H23NO2. The highest BCUT2D eigenvalue weighted by Crippen LogP contribution is 2.41. The van der Waals surface area contributed by atoms with Crippen molar-refractivity contribution >= 4 is 5.91 Å². The lowest BCUT2D eigenvalue weighted by molar-refractivity contribution is 0.0931. The van der Waals surface area contributed by atoms with E-state index in [9.17, 15) is 4.79 Å². The first kappa shape index (κ1) is 15.8. The van der Waals surface area contributed by atoms with Gasteiger partial charge in [-0.1, -0.05) is 42.0 Å².